The van der Waals surface area contributed by atoms with Gasteiger partial charge in [0.15, 0.2) is 0 Å². The first-order valence-electron chi connectivity index (χ1n) is 3.43. The van der Waals surface area contributed by atoms with Crippen LogP contribution in [0.5, 0.6) is 0 Å². The molecule has 4 heteroatoms. The lowest BCUT2D eigenvalue weighted by Gasteiger charge is -1.97. The smallest absolute Gasteiger partial charge is 0.137 e. The standard InChI is InChI=1S/C9H6BrFO2/c10-7-5-6(1-3-8(7)11)2-4-9(12)13/h1-5H,(H,12,13)/p-1. The molecule has 68 valence electrons. The Morgan fingerprint density at radius 2 is 2.23 bits per heavy atom. The third-order valence-corrected chi connectivity index (χ3v) is 1.96. The fraction of sp³-hybridized carbons (Fsp3) is 0. The summed E-state index contributed by atoms with van der Waals surface area (Å²) in [6.07, 6.45) is 2.22. The molecule has 0 aromatic heterocycles. The van der Waals surface area contributed by atoms with E-state index in [2.05, 4.69) is 15.9 Å². The van der Waals surface area contributed by atoms with E-state index in [1.807, 2.05) is 0 Å². The maximum absolute atomic E-state index is 12.7. The molecule has 0 radical (unpaired) electrons. The quantitative estimate of drug-likeness (QED) is 0.736. The summed E-state index contributed by atoms with van der Waals surface area (Å²) in [5.74, 6) is -1.66. The van der Waals surface area contributed by atoms with Crippen LogP contribution in [0.4, 0.5) is 4.39 Å². The van der Waals surface area contributed by atoms with Crippen LogP contribution in [0.2, 0.25) is 0 Å². The van der Waals surface area contributed by atoms with Gasteiger partial charge in [0.2, 0.25) is 0 Å². The number of hydrogen-bond acceptors (Lipinski definition) is 2. The van der Waals surface area contributed by atoms with Crippen LogP contribution in [-0.2, 0) is 4.79 Å². The molecule has 0 N–H and O–H groups in total. The topological polar surface area (TPSA) is 40.1 Å². The Labute approximate surface area is 82.8 Å². The molecule has 1 aromatic carbocycles. The number of carbonyl (C=O) groups excluding carboxylic acids is 1. The monoisotopic (exact) mass is 243 g/mol. The molecule has 0 aliphatic rings. The van der Waals surface area contributed by atoms with Crippen molar-refractivity contribution in [2.75, 3.05) is 0 Å². The van der Waals surface area contributed by atoms with Crippen LogP contribution in [0.1, 0.15) is 5.56 Å². The van der Waals surface area contributed by atoms with Crippen LogP contribution in [0.3, 0.4) is 0 Å². The van der Waals surface area contributed by atoms with Gasteiger partial charge >= 0.3 is 0 Å². The Bertz CT molecular complexity index is 361. The van der Waals surface area contributed by atoms with Crippen molar-refractivity contribution in [3.63, 3.8) is 0 Å². The second-order valence-electron chi connectivity index (χ2n) is 2.33. The van der Waals surface area contributed by atoms with Crippen LogP contribution < -0.4 is 5.11 Å². The highest BCUT2D eigenvalue weighted by Gasteiger charge is 1.97. The zero-order valence-corrected chi connectivity index (χ0v) is 8.05. The Hall–Kier alpha value is -1.16. The van der Waals surface area contributed by atoms with Gasteiger partial charge in [-0.05, 0) is 39.7 Å². The van der Waals surface area contributed by atoms with Gasteiger partial charge in [-0.25, -0.2) is 4.39 Å². The van der Waals surface area contributed by atoms with Crippen LogP contribution >= 0.6 is 15.9 Å². The number of halogens is 2. The van der Waals surface area contributed by atoms with Gasteiger partial charge in [-0.3, -0.25) is 0 Å². The number of rotatable bonds is 2. The van der Waals surface area contributed by atoms with E-state index < -0.39 is 5.97 Å². The van der Waals surface area contributed by atoms with Gasteiger partial charge in [0.25, 0.3) is 0 Å². The van der Waals surface area contributed by atoms with E-state index in [4.69, 9.17) is 0 Å². The highest BCUT2D eigenvalue weighted by molar-refractivity contribution is 9.10. The largest absolute Gasteiger partial charge is 0.545 e. The molecule has 0 amide bonds. The lowest BCUT2D eigenvalue weighted by Crippen LogP contribution is -2.18. The Balaban J connectivity index is 2.92. The SMILES string of the molecule is O=C([O-])C=Cc1ccc(F)c(Br)c1. The van der Waals surface area contributed by atoms with Gasteiger partial charge in [0.1, 0.15) is 5.82 Å². The molecular weight excluding hydrogens is 239 g/mol. The summed E-state index contributed by atoms with van der Waals surface area (Å²) >= 11 is 2.98. The molecule has 0 fully saturated rings. The van der Waals surface area contributed by atoms with Crippen molar-refractivity contribution in [3.8, 4) is 0 Å². The van der Waals surface area contributed by atoms with E-state index in [1.54, 1.807) is 0 Å². The Kier molecular flexibility index (Phi) is 3.19. The molecule has 0 bridgehead atoms. The van der Waals surface area contributed by atoms with E-state index in [0.29, 0.717) is 10.0 Å². The lowest BCUT2D eigenvalue weighted by atomic mass is 10.2. The molecule has 2 nitrogen and oxygen atoms in total. The van der Waals surface area contributed by atoms with Gasteiger partial charge < -0.3 is 9.90 Å². The zero-order valence-electron chi connectivity index (χ0n) is 6.46. The van der Waals surface area contributed by atoms with E-state index >= 15 is 0 Å². The fourth-order valence-electron chi connectivity index (χ4n) is 0.780. The minimum Gasteiger partial charge on any atom is -0.545 e. The van der Waals surface area contributed by atoms with Crippen molar-refractivity contribution < 1.29 is 14.3 Å². The molecule has 13 heavy (non-hydrogen) atoms. The Morgan fingerprint density at radius 3 is 2.77 bits per heavy atom. The third-order valence-electron chi connectivity index (χ3n) is 1.36. The van der Waals surface area contributed by atoms with Crippen LogP contribution in [0, 0.1) is 5.82 Å². The number of carboxylic acid groups (broad SMARTS) is 1. The minimum absolute atomic E-state index is 0.299. The summed E-state index contributed by atoms with van der Waals surface area (Å²) in [6.45, 7) is 0. The maximum Gasteiger partial charge on any atom is 0.137 e. The summed E-state index contributed by atoms with van der Waals surface area (Å²) in [5, 5.41) is 10.0. The molecule has 0 atom stereocenters. The van der Waals surface area contributed by atoms with Crippen molar-refractivity contribution in [1.29, 1.82) is 0 Å². The normalized spacial score (nSPS) is 10.6. The molecule has 0 spiro atoms. The highest BCUT2D eigenvalue weighted by atomic mass is 79.9. The number of carbonyl (C=O) groups is 1. The van der Waals surface area contributed by atoms with E-state index in [-0.39, 0.29) is 5.82 Å². The summed E-state index contributed by atoms with van der Waals surface area (Å²) < 4.78 is 13.0. The second kappa shape index (κ2) is 4.18. The van der Waals surface area contributed by atoms with Gasteiger partial charge in [0.05, 0.1) is 10.4 Å². The molecule has 1 aromatic rings. The summed E-state index contributed by atoms with van der Waals surface area (Å²) in [7, 11) is 0. The van der Waals surface area contributed by atoms with Gasteiger partial charge in [-0.2, -0.15) is 0 Å². The second-order valence-corrected chi connectivity index (χ2v) is 3.18. The van der Waals surface area contributed by atoms with Gasteiger partial charge in [0, 0.05) is 0 Å². The molecule has 0 saturated heterocycles. The average Bonchev–Trinajstić information content (AvgIpc) is 2.07. The summed E-state index contributed by atoms with van der Waals surface area (Å²) in [5.41, 5.74) is 0.595. The molecule has 0 heterocycles. The van der Waals surface area contributed by atoms with E-state index in [1.165, 1.54) is 24.3 Å². The van der Waals surface area contributed by atoms with E-state index in [0.717, 1.165) is 6.08 Å². The molecule has 0 saturated carbocycles. The predicted octanol–water partition coefficient (Wildman–Crippen LogP) is 1.35. The summed E-state index contributed by atoms with van der Waals surface area (Å²) in [6, 6.07) is 4.20. The van der Waals surface area contributed by atoms with Crippen molar-refractivity contribution in [3.05, 3.63) is 40.1 Å². The van der Waals surface area contributed by atoms with Gasteiger partial charge in [-0.1, -0.05) is 12.1 Å². The molecule has 1 rings (SSSR count). The van der Waals surface area contributed by atoms with Crippen molar-refractivity contribution in [1.82, 2.24) is 0 Å². The lowest BCUT2D eigenvalue weighted by molar-refractivity contribution is -0.297. The first-order chi connectivity index (χ1) is 6.09. The first-order valence-corrected chi connectivity index (χ1v) is 4.23. The van der Waals surface area contributed by atoms with Crippen molar-refractivity contribution in [2.24, 2.45) is 0 Å². The van der Waals surface area contributed by atoms with E-state index in [9.17, 15) is 14.3 Å². The predicted molar refractivity (Wildman–Crippen MR) is 48.1 cm³/mol. The van der Waals surface area contributed by atoms with Crippen LogP contribution in [0.15, 0.2) is 28.7 Å². The van der Waals surface area contributed by atoms with Crippen LogP contribution in [0.25, 0.3) is 6.08 Å². The zero-order chi connectivity index (χ0) is 9.84. The Morgan fingerprint density at radius 1 is 1.54 bits per heavy atom. The average molecular weight is 244 g/mol. The maximum atomic E-state index is 12.7. The van der Waals surface area contributed by atoms with Crippen molar-refractivity contribution in [2.45, 2.75) is 0 Å². The molecular formula is C9H5BrFO2-. The molecule has 0 aliphatic heterocycles. The first kappa shape index (κ1) is 9.92. The number of aliphatic carboxylic acids is 1. The highest BCUT2D eigenvalue weighted by Crippen LogP contribution is 2.17. The van der Waals surface area contributed by atoms with Crippen molar-refractivity contribution >= 4 is 28.0 Å². The fourth-order valence-corrected chi connectivity index (χ4v) is 1.18. The summed E-state index contributed by atoms with van der Waals surface area (Å²) in [4.78, 5) is 10.0. The number of hydrogen-bond donors (Lipinski definition) is 0. The number of benzene rings is 1. The third kappa shape index (κ3) is 2.99. The number of carboxylic acids is 1. The van der Waals surface area contributed by atoms with Crippen LogP contribution in [-0.4, -0.2) is 5.97 Å². The minimum atomic E-state index is -1.28. The molecule has 0 unspecified atom stereocenters. The van der Waals surface area contributed by atoms with Gasteiger partial charge in [-0.15, -0.1) is 0 Å². The molecule has 0 aliphatic carbocycles.